The van der Waals surface area contributed by atoms with Crippen LogP contribution in [-0.4, -0.2) is 13.7 Å². The van der Waals surface area contributed by atoms with Crippen molar-refractivity contribution in [3.63, 3.8) is 0 Å². The molecule has 0 fully saturated rings. The Kier molecular flexibility index (Phi) is 5.96. The van der Waals surface area contributed by atoms with Crippen LogP contribution < -0.4 is 0 Å². The van der Waals surface area contributed by atoms with Gasteiger partial charge in [-0.2, -0.15) is 0 Å². The van der Waals surface area contributed by atoms with E-state index in [0.29, 0.717) is 0 Å². The molecule has 0 aliphatic rings. The molecule has 0 aliphatic heterocycles. The van der Waals surface area contributed by atoms with Crippen LogP contribution in [0.15, 0.2) is 188 Å². The third kappa shape index (κ3) is 4.06. The van der Waals surface area contributed by atoms with E-state index in [4.69, 9.17) is 0 Å². The maximum atomic E-state index is 2.46. The van der Waals surface area contributed by atoms with E-state index in [0.717, 1.165) is 11.4 Å². The van der Waals surface area contributed by atoms with Crippen LogP contribution in [0.3, 0.4) is 0 Å². The molecule has 0 atom stereocenters. The maximum Gasteiger partial charge on any atom is 0.0641 e. The van der Waals surface area contributed by atoms with Gasteiger partial charge in [0.15, 0.2) is 0 Å². The first-order valence-corrected chi connectivity index (χ1v) is 17.5. The Balaban J connectivity index is 1.17. The summed E-state index contributed by atoms with van der Waals surface area (Å²) in [6.07, 6.45) is 0. The van der Waals surface area contributed by atoms with Gasteiger partial charge in [0.2, 0.25) is 0 Å². The van der Waals surface area contributed by atoms with Gasteiger partial charge >= 0.3 is 0 Å². The van der Waals surface area contributed by atoms with Gasteiger partial charge in [0.1, 0.15) is 0 Å². The predicted molar refractivity (Wildman–Crippen MR) is 215 cm³/mol. The standard InChI is InChI=1S/C48H31N3/c1-3-13-32(14-4-1)33-23-25-35(26-24-33)49-42-20-10-8-18-38(42)41-31-36(27-29-45(41)49)50-44-22-12-9-19-40(44)47-46(50)30-28-39-37-17-7-11-21-43(37)51(48(39)47)34-15-5-2-6-16-34/h1-31H. The summed E-state index contributed by atoms with van der Waals surface area (Å²) in [4.78, 5) is 0. The molecule has 51 heavy (non-hydrogen) atoms. The summed E-state index contributed by atoms with van der Waals surface area (Å²) in [5.41, 5.74) is 13.2. The summed E-state index contributed by atoms with van der Waals surface area (Å²) >= 11 is 0. The number of hydrogen-bond donors (Lipinski definition) is 0. The number of rotatable bonds is 4. The van der Waals surface area contributed by atoms with E-state index in [1.807, 2.05) is 0 Å². The van der Waals surface area contributed by atoms with Crippen molar-refractivity contribution < 1.29 is 0 Å². The molecule has 0 bridgehead atoms. The van der Waals surface area contributed by atoms with Gasteiger partial charge in [-0.25, -0.2) is 0 Å². The highest BCUT2D eigenvalue weighted by molar-refractivity contribution is 6.26. The average Bonchev–Trinajstić information content (AvgIpc) is 3.84. The molecule has 0 N–H and O–H groups in total. The summed E-state index contributed by atoms with van der Waals surface area (Å²) in [6, 6.07) is 68.3. The minimum Gasteiger partial charge on any atom is -0.309 e. The molecule has 3 heteroatoms. The number of benzene rings is 8. The summed E-state index contributed by atoms with van der Waals surface area (Å²) in [5, 5.41) is 7.53. The van der Waals surface area contributed by atoms with Crippen molar-refractivity contribution in [1.82, 2.24) is 13.7 Å². The van der Waals surface area contributed by atoms with Crippen molar-refractivity contribution in [3.8, 4) is 28.2 Å². The fourth-order valence-electron chi connectivity index (χ4n) is 8.44. The minimum atomic E-state index is 1.15. The Morgan fingerprint density at radius 1 is 0.255 bits per heavy atom. The zero-order chi connectivity index (χ0) is 33.5. The second-order valence-electron chi connectivity index (χ2n) is 13.4. The molecule has 0 unspecified atom stereocenters. The third-order valence-electron chi connectivity index (χ3n) is 10.6. The van der Waals surface area contributed by atoms with Gasteiger partial charge in [-0.05, 0) is 77.9 Å². The van der Waals surface area contributed by atoms with Crippen molar-refractivity contribution in [3.05, 3.63) is 188 Å². The highest BCUT2D eigenvalue weighted by Gasteiger charge is 2.21. The summed E-state index contributed by atoms with van der Waals surface area (Å²) < 4.78 is 7.30. The first-order valence-electron chi connectivity index (χ1n) is 17.5. The molecule has 11 rings (SSSR count). The van der Waals surface area contributed by atoms with Gasteiger partial charge < -0.3 is 13.7 Å². The average molecular weight is 650 g/mol. The normalized spacial score (nSPS) is 11.9. The first-order chi connectivity index (χ1) is 25.3. The number of nitrogens with zero attached hydrogens (tertiary/aromatic N) is 3. The zero-order valence-corrected chi connectivity index (χ0v) is 27.7. The quantitative estimate of drug-likeness (QED) is 0.180. The smallest absolute Gasteiger partial charge is 0.0641 e. The Labute approximate surface area is 294 Å². The Morgan fingerprint density at radius 3 is 1.45 bits per heavy atom. The van der Waals surface area contributed by atoms with Crippen molar-refractivity contribution in [2.75, 3.05) is 0 Å². The minimum absolute atomic E-state index is 1.15. The number of hydrogen-bond acceptors (Lipinski definition) is 0. The molecule has 0 aliphatic carbocycles. The van der Waals surface area contributed by atoms with Gasteiger partial charge in [0.25, 0.3) is 0 Å². The lowest BCUT2D eigenvalue weighted by Gasteiger charge is -2.11. The Bertz CT molecular complexity index is 3110. The molecule has 3 aromatic heterocycles. The largest absolute Gasteiger partial charge is 0.309 e. The van der Waals surface area contributed by atoms with Crippen molar-refractivity contribution in [2.24, 2.45) is 0 Å². The van der Waals surface area contributed by atoms with Gasteiger partial charge in [0, 0.05) is 49.4 Å². The molecule has 0 amide bonds. The van der Waals surface area contributed by atoms with E-state index in [9.17, 15) is 0 Å². The summed E-state index contributed by atoms with van der Waals surface area (Å²) in [5.74, 6) is 0. The molecule has 0 spiro atoms. The van der Waals surface area contributed by atoms with Gasteiger partial charge in [-0.3, -0.25) is 0 Å². The van der Waals surface area contributed by atoms with Crippen LogP contribution in [0.1, 0.15) is 0 Å². The fourth-order valence-corrected chi connectivity index (χ4v) is 8.44. The lowest BCUT2D eigenvalue weighted by atomic mass is 10.1. The Morgan fingerprint density at radius 2 is 0.725 bits per heavy atom. The molecular weight excluding hydrogens is 619 g/mol. The molecule has 11 aromatic rings. The molecule has 3 nitrogen and oxygen atoms in total. The first kappa shape index (κ1) is 28.0. The molecule has 0 saturated heterocycles. The van der Waals surface area contributed by atoms with E-state index in [1.165, 1.54) is 82.2 Å². The van der Waals surface area contributed by atoms with E-state index in [2.05, 4.69) is 202 Å². The van der Waals surface area contributed by atoms with Crippen LogP contribution in [0.25, 0.3) is 93.6 Å². The predicted octanol–water partition coefficient (Wildman–Crippen LogP) is 12.6. The second-order valence-corrected chi connectivity index (χ2v) is 13.4. The van der Waals surface area contributed by atoms with E-state index in [-0.39, 0.29) is 0 Å². The van der Waals surface area contributed by atoms with Crippen molar-refractivity contribution in [1.29, 1.82) is 0 Å². The van der Waals surface area contributed by atoms with Crippen LogP contribution in [0.4, 0.5) is 0 Å². The van der Waals surface area contributed by atoms with Gasteiger partial charge in [-0.15, -0.1) is 0 Å². The van der Waals surface area contributed by atoms with Crippen LogP contribution >= 0.6 is 0 Å². The molecule has 238 valence electrons. The van der Waals surface area contributed by atoms with Crippen LogP contribution in [0, 0.1) is 0 Å². The number of aromatic nitrogens is 3. The highest BCUT2D eigenvalue weighted by atomic mass is 15.0. The summed E-state index contributed by atoms with van der Waals surface area (Å²) in [6.45, 7) is 0. The molecule has 0 radical (unpaired) electrons. The monoisotopic (exact) mass is 649 g/mol. The van der Waals surface area contributed by atoms with Gasteiger partial charge in [-0.1, -0.05) is 121 Å². The molecule has 3 heterocycles. The van der Waals surface area contributed by atoms with E-state index < -0.39 is 0 Å². The lowest BCUT2D eigenvalue weighted by molar-refractivity contribution is 1.16. The topological polar surface area (TPSA) is 14.8 Å². The zero-order valence-electron chi connectivity index (χ0n) is 27.7. The summed E-state index contributed by atoms with van der Waals surface area (Å²) in [7, 11) is 0. The molecular formula is C48H31N3. The van der Waals surface area contributed by atoms with Crippen molar-refractivity contribution in [2.45, 2.75) is 0 Å². The number of para-hydroxylation sites is 4. The second kappa shape index (κ2) is 10.8. The lowest BCUT2D eigenvalue weighted by Crippen LogP contribution is -1.96. The molecule has 0 saturated carbocycles. The van der Waals surface area contributed by atoms with Crippen LogP contribution in [-0.2, 0) is 0 Å². The third-order valence-corrected chi connectivity index (χ3v) is 10.6. The van der Waals surface area contributed by atoms with Crippen LogP contribution in [0.2, 0.25) is 0 Å². The van der Waals surface area contributed by atoms with E-state index in [1.54, 1.807) is 0 Å². The maximum absolute atomic E-state index is 2.46. The van der Waals surface area contributed by atoms with Crippen molar-refractivity contribution >= 4 is 65.4 Å². The fraction of sp³-hybridized carbons (Fsp3) is 0. The van der Waals surface area contributed by atoms with E-state index >= 15 is 0 Å². The SMILES string of the molecule is c1ccc(-c2ccc(-n3c4ccccc4c4cc(-n5c6ccccc6c6c5ccc5c7ccccc7n(-c7ccccc7)c56)ccc43)cc2)cc1. The van der Waals surface area contributed by atoms with Crippen LogP contribution in [0.5, 0.6) is 0 Å². The number of fused-ring (bicyclic) bond motifs is 10. The highest BCUT2D eigenvalue weighted by Crippen LogP contribution is 2.43. The molecule has 8 aromatic carbocycles. The Hall–Kier alpha value is -6.84. The van der Waals surface area contributed by atoms with Gasteiger partial charge in [0.05, 0.1) is 33.1 Å².